The molecule has 5 nitrogen and oxygen atoms in total. The number of nitrogens with one attached hydrogen (secondary N) is 1. The first-order chi connectivity index (χ1) is 9.22. The van der Waals surface area contributed by atoms with Gasteiger partial charge in [0, 0.05) is 6.54 Å². The van der Waals surface area contributed by atoms with Crippen LogP contribution in [-0.2, 0) is 16.1 Å². The van der Waals surface area contributed by atoms with Gasteiger partial charge < -0.3 is 20.5 Å². The summed E-state index contributed by atoms with van der Waals surface area (Å²) in [6, 6.07) is 7.54. The molecule has 0 atom stereocenters. The predicted molar refractivity (Wildman–Crippen MR) is 73.6 cm³/mol. The van der Waals surface area contributed by atoms with Gasteiger partial charge in [0.2, 0.25) is 0 Å². The van der Waals surface area contributed by atoms with Gasteiger partial charge in [-0.15, -0.1) is 0 Å². The van der Waals surface area contributed by atoms with E-state index in [0.29, 0.717) is 12.4 Å². The number of nitrogens with two attached hydrogens (primary N) is 1. The summed E-state index contributed by atoms with van der Waals surface area (Å²) in [5, 5.41) is 3.30. The molecule has 1 aromatic rings. The molecule has 3 N–H and O–H groups in total. The first-order valence-electron chi connectivity index (χ1n) is 6.15. The average Bonchev–Trinajstić information content (AvgIpc) is 2.41. The highest BCUT2D eigenvalue weighted by Gasteiger charge is 1.98. The van der Waals surface area contributed by atoms with E-state index in [1.54, 1.807) is 0 Å². The van der Waals surface area contributed by atoms with E-state index in [4.69, 9.17) is 15.2 Å². The minimum Gasteiger partial charge on any atom is -0.502 e. The summed E-state index contributed by atoms with van der Waals surface area (Å²) in [5.74, 6) is 0.161. The molecule has 1 rings (SSSR count). The molecule has 0 aliphatic heterocycles. The molecular formula is C14H20N2O3. The molecular weight excluding hydrogens is 244 g/mol. The van der Waals surface area contributed by atoms with Gasteiger partial charge in [-0.25, -0.2) is 0 Å². The Morgan fingerprint density at radius 1 is 1.37 bits per heavy atom. The van der Waals surface area contributed by atoms with Crippen LogP contribution in [0.4, 0.5) is 0 Å². The highest BCUT2D eigenvalue weighted by Crippen LogP contribution is 2.11. The maximum Gasteiger partial charge on any atom is 0.255 e. The second kappa shape index (κ2) is 8.99. The monoisotopic (exact) mass is 264 g/mol. The standard InChI is InChI=1S/C14H20N2O3/c1-2-18-9-3-8-16-10-12-4-6-13(7-5-12)19-11-14(15)17/h2,4-7,16H,1,3,8-11H2,(H2,15,17). The van der Waals surface area contributed by atoms with Crippen molar-refractivity contribution in [2.24, 2.45) is 5.73 Å². The maximum absolute atomic E-state index is 10.6. The molecule has 104 valence electrons. The van der Waals surface area contributed by atoms with Crippen molar-refractivity contribution in [2.45, 2.75) is 13.0 Å². The molecule has 0 spiro atoms. The van der Waals surface area contributed by atoms with Crippen molar-refractivity contribution in [3.8, 4) is 5.75 Å². The van der Waals surface area contributed by atoms with Crippen LogP contribution in [-0.4, -0.2) is 25.7 Å². The van der Waals surface area contributed by atoms with Crippen molar-refractivity contribution in [1.29, 1.82) is 0 Å². The molecule has 19 heavy (non-hydrogen) atoms. The number of rotatable bonds is 10. The van der Waals surface area contributed by atoms with Crippen LogP contribution >= 0.6 is 0 Å². The fourth-order valence-corrected chi connectivity index (χ4v) is 1.45. The molecule has 0 aliphatic carbocycles. The molecule has 0 aromatic heterocycles. The Bertz CT molecular complexity index is 390. The van der Waals surface area contributed by atoms with Gasteiger partial charge in [-0.2, -0.15) is 0 Å². The molecule has 0 radical (unpaired) electrons. The first kappa shape index (κ1) is 15.0. The van der Waals surface area contributed by atoms with Gasteiger partial charge in [0.15, 0.2) is 6.61 Å². The zero-order chi connectivity index (χ0) is 13.9. The zero-order valence-electron chi connectivity index (χ0n) is 10.9. The van der Waals surface area contributed by atoms with Crippen molar-refractivity contribution in [1.82, 2.24) is 5.32 Å². The lowest BCUT2D eigenvalue weighted by molar-refractivity contribution is -0.119. The van der Waals surface area contributed by atoms with E-state index < -0.39 is 5.91 Å². The van der Waals surface area contributed by atoms with Crippen LogP contribution < -0.4 is 15.8 Å². The summed E-state index contributed by atoms with van der Waals surface area (Å²) in [6.45, 7) is 5.72. The number of carbonyl (C=O) groups is 1. The van der Waals surface area contributed by atoms with E-state index in [-0.39, 0.29) is 6.61 Å². The van der Waals surface area contributed by atoms with Crippen LogP contribution in [0.1, 0.15) is 12.0 Å². The maximum atomic E-state index is 10.6. The highest BCUT2D eigenvalue weighted by molar-refractivity contribution is 5.75. The van der Waals surface area contributed by atoms with E-state index in [1.165, 1.54) is 6.26 Å². The molecule has 0 aliphatic rings. The molecule has 1 aromatic carbocycles. The summed E-state index contributed by atoms with van der Waals surface area (Å²) in [6.07, 6.45) is 2.39. The summed E-state index contributed by atoms with van der Waals surface area (Å²) < 4.78 is 10.2. The van der Waals surface area contributed by atoms with Crippen LogP contribution in [0.2, 0.25) is 0 Å². The number of ether oxygens (including phenoxy) is 2. The van der Waals surface area contributed by atoms with Crippen LogP contribution in [0.25, 0.3) is 0 Å². The number of amides is 1. The lowest BCUT2D eigenvalue weighted by Crippen LogP contribution is -2.20. The van der Waals surface area contributed by atoms with E-state index >= 15 is 0 Å². The van der Waals surface area contributed by atoms with Crippen LogP contribution in [0.15, 0.2) is 37.1 Å². The van der Waals surface area contributed by atoms with Crippen LogP contribution in [0.3, 0.4) is 0 Å². The molecule has 0 heterocycles. The van der Waals surface area contributed by atoms with Gasteiger partial charge in [-0.05, 0) is 30.7 Å². The van der Waals surface area contributed by atoms with E-state index in [0.717, 1.165) is 25.1 Å². The summed E-state index contributed by atoms with van der Waals surface area (Å²) in [4.78, 5) is 10.6. The Labute approximate surface area is 113 Å². The van der Waals surface area contributed by atoms with Crippen molar-refractivity contribution >= 4 is 5.91 Å². The molecule has 0 bridgehead atoms. The highest BCUT2D eigenvalue weighted by atomic mass is 16.5. The van der Waals surface area contributed by atoms with Gasteiger partial charge in [-0.3, -0.25) is 4.79 Å². The van der Waals surface area contributed by atoms with Crippen LogP contribution in [0, 0.1) is 0 Å². The third kappa shape index (κ3) is 7.10. The van der Waals surface area contributed by atoms with E-state index in [9.17, 15) is 4.79 Å². The lowest BCUT2D eigenvalue weighted by Gasteiger charge is -2.07. The summed E-state index contributed by atoms with van der Waals surface area (Å²) in [7, 11) is 0. The second-order valence-corrected chi connectivity index (χ2v) is 3.97. The predicted octanol–water partition coefficient (Wildman–Crippen LogP) is 1.19. The molecule has 0 fully saturated rings. The average molecular weight is 264 g/mol. The van der Waals surface area contributed by atoms with Gasteiger partial charge in [0.05, 0.1) is 12.9 Å². The molecule has 5 heteroatoms. The largest absolute Gasteiger partial charge is 0.502 e. The Hall–Kier alpha value is -2.01. The molecule has 0 saturated carbocycles. The minimum absolute atomic E-state index is 0.0963. The van der Waals surface area contributed by atoms with Crippen molar-refractivity contribution in [3.63, 3.8) is 0 Å². The zero-order valence-corrected chi connectivity index (χ0v) is 10.9. The van der Waals surface area contributed by atoms with Crippen molar-refractivity contribution in [3.05, 3.63) is 42.7 Å². The van der Waals surface area contributed by atoms with Gasteiger partial charge in [-0.1, -0.05) is 18.7 Å². The Balaban J connectivity index is 2.20. The fraction of sp³-hybridized carbons (Fsp3) is 0.357. The third-order valence-corrected chi connectivity index (χ3v) is 2.37. The molecule has 1 amide bonds. The topological polar surface area (TPSA) is 73.6 Å². The summed E-state index contributed by atoms with van der Waals surface area (Å²) in [5.41, 5.74) is 6.14. The number of hydrogen-bond acceptors (Lipinski definition) is 4. The normalized spacial score (nSPS) is 9.89. The quantitative estimate of drug-likeness (QED) is 0.492. The summed E-state index contributed by atoms with van der Waals surface area (Å²) >= 11 is 0. The van der Waals surface area contributed by atoms with Crippen molar-refractivity contribution < 1.29 is 14.3 Å². The SMILES string of the molecule is C=COCCCNCc1ccc(OCC(N)=O)cc1. The Kier molecular flexibility index (Phi) is 7.12. The van der Waals surface area contributed by atoms with Crippen LogP contribution in [0.5, 0.6) is 5.75 Å². The van der Waals surface area contributed by atoms with Gasteiger partial charge in [0.1, 0.15) is 5.75 Å². The Morgan fingerprint density at radius 2 is 2.11 bits per heavy atom. The third-order valence-electron chi connectivity index (χ3n) is 2.37. The Morgan fingerprint density at radius 3 is 2.74 bits per heavy atom. The van der Waals surface area contributed by atoms with E-state index in [2.05, 4.69) is 11.9 Å². The van der Waals surface area contributed by atoms with Gasteiger partial charge in [0.25, 0.3) is 5.91 Å². The van der Waals surface area contributed by atoms with E-state index in [1.807, 2.05) is 24.3 Å². The number of primary amides is 1. The van der Waals surface area contributed by atoms with Gasteiger partial charge >= 0.3 is 0 Å². The van der Waals surface area contributed by atoms with Crippen molar-refractivity contribution in [2.75, 3.05) is 19.8 Å². The number of carbonyl (C=O) groups excluding carboxylic acids is 1. The number of benzene rings is 1. The second-order valence-electron chi connectivity index (χ2n) is 3.97. The first-order valence-corrected chi connectivity index (χ1v) is 6.15. The molecule has 0 unspecified atom stereocenters. The fourth-order valence-electron chi connectivity index (χ4n) is 1.45. The lowest BCUT2D eigenvalue weighted by atomic mass is 10.2. The minimum atomic E-state index is -0.479. The smallest absolute Gasteiger partial charge is 0.255 e. The number of hydrogen-bond donors (Lipinski definition) is 2. The molecule has 0 saturated heterocycles.